The normalized spacial score (nSPS) is 13.3. The highest BCUT2D eigenvalue weighted by molar-refractivity contribution is 5.80. The predicted octanol–water partition coefficient (Wildman–Crippen LogP) is 20.8. The van der Waals surface area contributed by atoms with E-state index in [1.54, 1.807) is 6.08 Å². The zero-order valence-corrected chi connectivity index (χ0v) is 48.4. The molecule has 5 nitrogen and oxygen atoms in total. The monoisotopic (exact) mass is 1000 g/mol. The summed E-state index contributed by atoms with van der Waals surface area (Å²) in [6.07, 6.45) is 80.2. The number of unbranched alkanes of at least 4 members (excludes halogenated alkanes) is 51. The minimum atomic E-state index is -1.10. The molecule has 1 amide bonds. The Balaban J connectivity index is 3.50. The van der Waals surface area contributed by atoms with Crippen molar-refractivity contribution in [3.05, 3.63) is 24.3 Å². The number of aliphatic hydroxyl groups is 3. The van der Waals surface area contributed by atoms with E-state index in [1.807, 2.05) is 6.08 Å². The van der Waals surface area contributed by atoms with Crippen molar-refractivity contribution in [1.82, 2.24) is 5.32 Å². The molecule has 0 aromatic rings. The maximum Gasteiger partial charge on any atom is 0.249 e. The van der Waals surface area contributed by atoms with Crippen molar-refractivity contribution >= 4 is 5.91 Å². The van der Waals surface area contributed by atoms with Gasteiger partial charge in [0.2, 0.25) is 5.91 Å². The molecule has 0 aromatic carbocycles. The summed E-state index contributed by atoms with van der Waals surface area (Å²) in [4.78, 5) is 12.6. The molecule has 0 spiro atoms. The standard InChI is InChI=1S/C66H129NO4/c1-3-5-7-9-11-13-15-17-19-21-23-25-27-28-29-30-31-32-33-34-35-36-37-39-41-43-45-47-49-51-53-55-57-59-61-65(70)66(71)67-63(62-68)64(69)60-58-56-54-52-50-48-46-44-42-40-38-26-24-22-20-18-16-14-12-10-8-6-4-2/h50,52,58,60,63-65,68-70H,3-49,51,53-57,59,61-62H2,1-2H3,(H,67,71)/b52-50+,60-58+. The molecule has 3 unspecified atom stereocenters. The lowest BCUT2D eigenvalue weighted by molar-refractivity contribution is -0.131. The molecule has 0 heterocycles. The van der Waals surface area contributed by atoms with Crippen molar-refractivity contribution in [2.45, 2.75) is 385 Å². The second-order valence-corrected chi connectivity index (χ2v) is 22.7. The van der Waals surface area contributed by atoms with Crippen molar-refractivity contribution in [2.24, 2.45) is 0 Å². The van der Waals surface area contributed by atoms with E-state index in [9.17, 15) is 20.1 Å². The van der Waals surface area contributed by atoms with Crippen molar-refractivity contribution in [3.63, 3.8) is 0 Å². The molecule has 5 heteroatoms. The van der Waals surface area contributed by atoms with Crippen LogP contribution in [0.15, 0.2) is 24.3 Å². The molecular formula is C66H129NO4. The van der Waals surface area contributed by atoms with E-state index in [2.05, 4.69) is 31.3 Å². The van der Waals surface area contributed by atoms with Crippen molar-refractivity contribution in [3.8, 4) is 0 Å². The Labute approximate surface area is 445 Å². The van der Waals surface area contributed by atoms with E-state index in [0.29, 0.717) is 6.42 Å². The third kappa shape index (κ3) is 56.4. The van der Waals surface area contributed by atoms with Crippen LogP contribution in [-0.4, -0.2) is 46.1 Å². The fraction of sp³-hybridized carbons (Fsp3) is 0.924. The number of hydrogen-bond acceptors (Lipinski definition) is 4. The van der Waals surface area contributed by atoms with Crippen LogP contribution in [0, 0.1) is 0 Å². The highest BCUT2D eigenvalue weighted by Gasteiger charge is 2.22. The Hall–Kier alpha value is -1.17. The predicted molar refractivity (Wildman–Crippen MR) is 315 cm³/mol. The van der Waals surface area contributed by atoms with Crippen molar-refractivity contribution in [1.29, 1.82) is 0 Å². The molecule has 0 rings (SSSR count). The summed E-state index contributed by atoms with van der Waals surface area (Å²) in [5.41, 5.74) is 0. The first-order valence-corrected chi connectivity index (χ1v) is 32.7. The SMILES string of the molecule is CCCCCCCCCCCCCCCCCCC/C=C/CC/C=C/C(O)C(CO)NC(=O)C(O)CCCCCCCCCCCCCCCCCCCCCCCCCCCCCCCCCCCC. The summed E-state index contributed by atoms with van der Waals surface area (Å²) in [5.74, 6) is -0.505. The van der Waals surface area contributed by atoms with Gasteiger partial charge in [-0.3, -0.25) is 4.79 Å². The second-order valence-electron chi connectivity index (χ2n) is 22.7. The van der Waals surface area contributed by atoms with E-state index in [-0.39, 0.29) is 6.61 Å². The largest absolute Gasteiger partial charge is 0.394 e. The van der Waals surface area contributed by atoms with Crippen LogP contribution in [0.5, 0.6) is 0 Å². The molecule has 0 saturated heterocycles. The van der Waals surface area contributed by atoms with Crippen LogP contribution in [0.3, 0.4) is 0 Å². The molecule has 0 aliphatic carbocycles. The number of allylic oxidation sites excluding steroid dienone is 3. The number of carbonyl (C=O) groups excluding carboxylic acids is 1. The van der Waals surface area contributed by atoms with Crippen LogP contribution >= 0.6 is 0 Å². The molecule has 71 heavy (non-hydrogen) atoms. The van der Waals surface area contributed by atoms with Gasteiger partial charge in [0.15, 0.2) is 0 Å². The van der Waals surface area contributed by atoms with Gasteiger partial charge in [0.25, 0.3) is 0 Å². The zero-order valence-electron chi connectivity index (χ0n) is 48.4. The van der Waals surface area contributed by atoms with E-state index >= 15 is 0 Å². The summed E-state index contributed by atoms with van der Waals surface area (Å²) >= 11 is 0. The molecule has 0 bridgehead atoms. The molecule has 0 saturated carbocycles. The van der Waals surface area contributed by atoms with Gasteiger partial charge in [-0.25, -0.2) is 0 Å². The number of hydrogen-bond donors (Lipinski definition) is 4. The molecule has 0 aromatic heterocycles. The maximum absolute atomic E-state index is 12.6. The number of carbonyl (C=O) groups is 1. The number of aliphatic hydroxyl groups excluding tert-OH is 3. The third-order valence-electron chi connectivity index (χ3n) is 15.5. The summed E-state index contributed by atoms with van der Waals surface area (Å²) in [5, 5.41) is 33.4. The Morgan fingerprint density at radius 2 is 0.577 bits per heavy atom. The Morgan fingerprint density at radius 1 is 0.338 bits per heavy atom. The van der Waals surface area contributed by atoms with Crippen molar-refractivity contribution < 1.29 is 20.1 Å². The van der Waals surface area contributed by atoms with Gasteiger partial charge in [-0.05, 0) is 32.1 Å². The molecule has 422 valence electrons. The molecule has 0 radical (unpaired) electrons. The molecule has 0 fully saturated rings. The average molecular weight is 1000 g/mol. The minimum absolute atomic E-state index is 0.372. The smallest absolute Gasteiger partial charge is 0.249 e. The lowest BCUT2D eigenvalue weighted by atomic mass is 10.0. The van der Waals surface area contributed by atoms with Gasteiger partial charge in [0.1, 0.15) is 6.10 Å². The van der Waals surface area contributed by atoms with Crippen LogP contribution in [0.2, 0.25) is 0 Å². The fourth-order valence-corrected chi connectivity index (χ4v) is 10.5. The lowest BCUT2D eigenvalue weighted by Gasteiger charge is -2.21. The number of rotatable bonds is 61. The van der Waals surface area contributed by atoms with Gasteiger partial charge in [-0.1, -0.05) is 359 Å². The highest BCUT2D eigenvalue weighted by Crippen LogP contribution is 2.19. The molecule has 0 aliphatic heterocycles. The van der Waals surface area contributed by atoms with Gasteiger partial charge in [-0.15, -0.1) is 0 Å². The van der Waals surface area contributed by atoms with Gasteiger partial charge in [0, 0.05) is 0 Å². The molecule has 3 atom stereocenters. The Kier molecular flexibility index (Phi) is 60.4. The van der Waals surface area contributed by atoms with Gasteiger partial charge in [0.05, 0.1) is 18.8 Å². The maximum atomic E-state index is 12.6. The topological polar surface area (TPSA) is 89.8 Å². The first-order valence-electron chi connectivity index (χ1n) is 32.7. The Morgan fingerprint density at radius 3 is 0.859 bits per heavy atom. The number of amides is 1. The van der Waals surface area contributed by atoms with Gasteiger partial charge < -0.3 is 20.6 Å². The van der Waals surface area contributed by atoms with Crippen LogP contribution in [0.25, 0.3) is 0 Å². The summed E-state index contributed by atoms with van der Waals surface area (Å²) in [6.45, 7) is 4.22. The van der Waals surface area contributed by atoms with Crippen LogP contribution in [0.1, 0.15) is 367 Å². The second kappa shape index (κ2) is 61.4. The molecule has 0 aliphatic rings. The minimum Gasteiger partial charge on any atom is -0.394 e. The highest BCUT2D eigenvalue weighted by atomic mass is 16.3. The van der Waals surface area contributed by atoms with Gasteiger partial charge >= 0.3 is 0 Å². The summed E-state index contributed by atoms with van der Waals surface area (Å²) in [6, 6.07) is -0.813. The van der Waals surface area contributed by atoms with E-state index in [1.165, 1.54) is 308 Å². The molecular weight excluding hydrogens is 871 g/mol. The third-order valence-corrected chi connectivity index (χ3v) is 15.5. The van der Waals surface area contributed by atoms with E-state index in [4.69, 9.17) is 0 Å². The summed E-state index contributed by atoms with van der Waals surface area (Å²) < 4.78 is 0. The molecule has 4 N–H and O–H groups in total. The first kappa shape index (κ1) is 69.8. The van der Waals surface area contributed by atoms with Crippen LogP contribution < -0.4 is 5.32 Å². The lowest BCUT2D eigenvalue weighted by Crippen LogP contribution is -2.48. The fourth-order valence-electron chi connectivity index (χ4n) is 10.5. The van der Waals surface area contributed by atoms with Gasteiger partial charge in [-0.2, -0.15) is 0 Å². The van der Waals surface area contributed by atoms with E-state index < -0.39 is 24.2 Å². The van der Waals surface area contributed by atoms with Crippen LogP contribution in [-0.2, 0) is 4.79 Å². The average Bonchev–Trinajstić information content (AvgIpc) is 3.38. The quantitative estimate of drug-likeness (QED) is 0.0361. The van der Waals surface area contributed by atoms with Crippen LogP contribution in [0.4, 0.5) is 0 Å². The first-order chi connectivity index (χ1) is 35.1. The van der Waals surface area contributed by atoms with Crippen molar-refractivity contribution in [2.75, 3.05) is 6.61 Å². The number of nitrogens with one attached hydrogen (secondary N) is 1. The zero-order chi connectivity index (χ0) is 51.4. The Bertz CT molecular complexity index is 1060. The van der Waals surface area contributed by atoms with E-state index in [0.717, 1.165) is 38.5 Å². The summed E-state index contributed by atoms with van der Waals surface area (Å²) in [7, 11) is 0.